The Bertz CT molecular complexity index is 948. The Morgan fingerprint density at radius 2 is 1.58 bits per heavy atom. The predicted molar refractivity (Wildman–Crippen MR) is 82.9 cm³/mol. The maximum atomic E-state index is 13.8. The fraction of sp³-hybridized carbons (Fsp3) is 0.0625. The molecule has 8 heteroatoms. The maximum Gasteiger partial charge on any atom is 0.286 e. The van der Waals surface area contributed by atoms with Gasteiger partial charge in [-0.1, -0.05) is 12.1 Å². The molecule has 4 nitrogen and oxygen atoms in total. The highest BCUT2D eigenvalue weighted by Gasteiger charge is 2.33. The van der Waals surface area contributed by atoms with E-state index in [1.165, 1.54) is 36.4 Å². The van der Waals surface area contributed by atoms with Gasteiger partial charge in [0, 0.05) is 11.8 Å². The molecule has 0 atom stereocenters. The van der Waals surface area contributed by atoms with Gasteiger partial charge in [-0.3, -0.25) is 4.98 Å². The number of hydrogen-bond acceptors (Lipinski definition) is 3. The SMILES string of the molecule is NS(=O)(=O)c1ccc(C2=CC(F)(F)C=C2c2ccc(F)cc2)nc1. The van der Waals surface area contributed by atoms with Crippen molar-refractivity contribution in [3.8, 4) is 0 Å². The van der Waals surface area contributed by atoms with Crippen LogP contribution in [0.25, 0.3) is 11.1 Å². The fourth-order valence-electron chi connectivity index (χ4n) is 2.37. The lowest BCUT2D eigenvalue weighted by Gasteiger charge is -2.09. The number of hydrogen-bond donors (Lipinski definition) is 1. The van der Waals surface area contributed by atoms with Crippen LogP contribution in [-0.2, 0) is 10.0 Å². The van der Waals surface area contributed by atoms with Crippen LogP contribution in [0.2, 0.25) is 0 Å². The highest BCUT2D eigenvalue weighted by atomic mass is 32.2. The molecule has 0 saturated carbocycles. The molecule has 0 radical (unpaired) electrons. The van der Waals surface area contributed by atoms with Crippen LogP contribution in [0.5, 0.6) is 0 Å². The van der Waals surface area contributed by atoms with Gasteiger partial charge in [0.15, 0.2) is 0 Å². The van der Waals surface area contributed by atoms with Gasteiger partial charge in [-0.2, -0.15) is 8.78 Å². The number of nitrogens with zero attached hydrogens (tertiary/aromatic N) is 1. The van der Waals surface area contributed by atoms with E-state index < -0.39 is 21.8 Å². The summed E-state index contributed by atoms with van der Waals surface area (Å²) in [7, 11) is -3.92. The topological polar surface area (TPSA) is 73.1 Å². The summed E-state index contributed by atoms with van der Waals surface area (Å²) in [5, 5.41) is 4.99. The van der Waals surface area contributed by atoms with Gasteiger partial charge in [0.05, 0.1) is 5.69 Å². The molecule has 0 bridgehead atoms. The largest absolute Gasteiger partial charge is 0.286 e. The predicted octanol–water partition coefficient (Wildman–Crippen LogP) is 2.98. The van der Waals surface area contributed by atoms with Crippen molar-refractivity contribution < 1.29 is 21.6 Å². The van der Waals surface area contributed by atoms with Gasteiger partial charge < -0.3 is 0 Å². The highest BCUT2D eigenvalue weighted by molar-refractivity contribution is 7.89. The second kappa shape index (κ2) is 5.57. The third kappa shape index (κ3) is 3.24. The lowest BCUT2D eigenvalue weighted by molar-refractivity contribution is 0.115. The van der Waals surface area contributed by atoms with Crippen molar-refractivity contribution >= 4 is 21.2 Å². The van der Waals surface area contributed by atoms with Crippen LogP contribution >= 0.6 is 0 Å². The molecule has 0 saturated heterocycles. The van der Waals surface area contributed by atoms with Crippen LogP contribution in [0.15, 0.2) is 59.6 Å². The van der Waals surface area contributed by atoms with E-state index in [1.54, 1.807) is 0 Å². The first-order valence-electron chi connectivity index (χ1n) is 6.75. The quantitative estimate of drug-likeness (QED) is 0.923. The van der Waals surface area contributed by atoms with Crippen molar-refractivity contribution in [3.05, 3.63) is 71.8 Å². The molecule has 24 heavy (non-hydrogen) atoms. The molecule has 0 amide bonds. The van der Waals surface area contributed by atoms with Gasteiger partial charge in [0.1, 0.15) is 10.7 Å². The molecule has 0 aliphatic heterocycles. The van der Waals surface area contributed by atoms with E-state index in [1.807, 2.05) is 0 Å². The number of allylic oxidation sites excluding steroid dienone is 4. The Balaban J connectivity index is 2.05. The number of nitrogens with two attached hydrogens (primary N) is 1. The van der Waals surface area contributed by atoms with Gasteiger partial charge in [-0.25, -0.2) is 17.9 Å². The summed E-state index contributed by atoms with van der Waals surface area (Å²) in [4.78, 5) is 3.69. The summed E-state index contributed by atoms with van der Waals surface area (Å²) < 4.78 is 63.1. The zero-order valence-electron chi connectivity index (χ0n) is 12.1. The minimum Gasteiger partial charge on any atom is -0.255 e. The van der Waals surface area contributed by atoms with Crippen molar-refractivity contribution in [1.29, 1.82) is 0 Å². The first-order chi connectivity index (χ1) is 11.2. The number of halogens is 3. The monoisotopic (exact) mass is 352 g/mol. The molecule has 1 aromatic heterocycles. The van der Waals surface area contributed by atoms with Gasteiger partial charge in [0.2, 0.25) is 10.0 Å². The number of benzene rings is 1. The average molecular weight is 352 g/mol. The standard InChI is InChI=1S/C16H11F3N2O2S/c17-11-3-1-10(2-4-11)13-7-16(18,19)8-14(13)15-6-5-12(9-21-15)24(20,22)23/h1-9H,(H2,20,22,23). The van der Waals surface area contributed by atoms with E-state index in [9.17, 15) is 21.6 Å². The zero-order valence-corrected chi connectivity index (χ0v) is 12.9. The number of pyridine rings is 1. The number of primary sulfonamides is 1. The van der Waals surface area contributed by atoms with Crippen LogP contribution in [0, 0.1) is 5.82 Å². The summed E-state index contributed by atoms with van der Waals surface area (Å²) in [6.07, 6.45) is 2.49. The molecule has 1 aliphatic rings. The first-order valence-corrected chi connectivity index (χ1v) is 8.29. The van der Waals surface area contributed by atoms with Crippen LogP contribution < -0.4 is 5.14 Å². The molecule has 1 aromatic carbocycles. The Hall–Kier alpha value is -2.45. The second-order valence-electron chi connectivity index (χ2n) is 5.22. The average Bonchev–Trinajstić information content (AvgIpc) is 2.83. The Morgan fingerprint density at radius 1 is 0.958 bits per heavy atom. The summed E-state index contributed by atoms with van der Waals surface area (Å²) >= 11 is 0. The Labute approximate surface area is 136 Å². The van der Waals surface area contributed by atoms with Crippen molar-refractivity contribution in [2.45, 2.75) is 10.8 Å². The van der Waals surface area contributed by atoms with E-state index in [2.05, 4.69) is 4.98 Å². The number of aromatic nitrogens is 1. The Morgan fingerprint density at radius 3 is 2.12 bits per heavy atom. The molecule has 0 unspecified atom stereocenters. The van der Waals surface area contributed by atoms with Crippen LogP contribution in [0.3, 0.4) is 0 Å². The van der Waals surface area contributed by atoms with Gasteiger partial charge in [-0.15, -0.1) is 0 Å². The van der Waals surface area contributed by atoms with Crippen LogP contribution in [-0.4, -0.2) is 19.3 Å². The second-order valence-corrected chi connectivity index (χ2v) is 6.78. The third-order valence-corrected chi connectivity index (χ3v) is 4.36. The van der Waals surface area contributed by atoms with Gasteiger partial charge in [0.25, 0.3) is 5.92 Å². The van der Waals surface area contributed by atoms with E-state index >= 15 is 0 Å². The van der Waals surface area contributed by atoms with E-state index in [-0.39, 0.29) is 21.7 Å². The molecule has 1 heterocycles. The molecule has 2 aromatic rings. The van der Waals surface area contributed by atoms with E-state index in [0.29, 0.717) is 5.56 Å². The molecule has 3 rings (SSSR count). The van der Waals surface area contributed by atoms with Crippen LogP contribution in [0.1, 0.15) is 11.3 Å². The van der Waals surface area contributed by atoms with E-state index in [4.69, 9.17) is 5.14 Å². The smallest absolute Gasteiger partial charge is 0.255 e. The third-order valence-electron chi connectivity index (χ3n) is 3.46. The molecule has 124 valence electrons. The van der Waals surface area contributed by atoms with Crippen LogP contribution in [0.4, 0.5) is 13.2 Å². The summed E-state index contributed by atoms with van der Waals surface area (Å²) in [6.45, 7) is 0. The lowest BCUT2D eigenvalue weighted by atomic mass is 9.98. The van der Waals surface area contributed by atoms with Crippen molar-refractivity contribution in [2.24, 2.45) is 5.14 Å². The van der Waals surface area contributed by atoms with Crippen molar-refractivity contribution in [1.82, 2.24) is 4.98 Å². The molecule has 1 aliphatic carbocycles. The molecule has 0 spiro atoms. The summed E-state index contributed by atoms with van der Waals surface area (Å²) in [6, 6.07) is 7.59. The summed E-state index contributed by atoms with van der Waals surface area (Å²) in [5.41, 5.74) is 0.885. The van der Waals surface area contributed by atoms with Gasteiger partial charge >= 0.3 is 0 Å². The van der Waals surface area contributed by atoms with Crippen molar-refractivity contribution in [3.63, 3.8) is 0 Å². The van der Waals surface area contributed by atoms with E-state index in [0.717, 1.165) is 18.3 Å². The molecule has 0 fully saturated rings. The summed E-state index contributed by atoms with van der Waals surface area (Å²) in [5.74, 6) is -3.66. The number of alkyl halides is 2. The Kier molecular flexibility index (Phi) is 3.81. The molecular weight excluding hydrogens is 341 g/mol. The van der Waals surface area contributed by atoms with Crippen molar-refractivity contribution in [2.75, 3.05) is 0 Å². The minimum atomic E-state index is -3.92. The fourth-order valence-corrected chi connectivity index (χ4v) is 2.83. The normalized spacial score (nSPS) is 16.7. The zero-order chi connectivity index (χ0) is 17.5. The number of sulfonamides is 1. The number of rotatable bonds is 3. The maximum absolute atomic E-state index is 13.8. The highest BCUT2D eigenvalue weighted by Crippen LogP contribution is 2.41. The molecular formula is C16H11F3N2O2S. The molecule has 2 N–H and O–H groups in total. The minimum absolute atomic E-state index is 0.132. The van der Waals surface area contributed by atoms with Gasteiger partial charge in [-0.05, 0) is 47.6 Å². The first kappa shape index (κ1) is 16.4. The lowest BCUT2D eigenvalue weighted by Crippen LogP contribution is -2.12.